The lowest BCUT2D eigenvalue weighted by atomic mass is 10.3. The van der Waals surface area contributed by atoms with Gasteiger partial charge in [0.05, 0.1) is 6.42 Å². The molecule has 1 amide bonds. The first-order chi connectivity index (χ1) is 9.00. The van der Waals surface area contributed by atoms with Crippen LogP contribution >= 0.6 is 0 Å². The van der Waals surface area contributed by atoms with E-state index >= 15 is 0 Å². The van der Waals surface area contributed by atoms with E-state index in [1.54, 1.807) is 11.0 Å². The van der Waals surface area contributed by atoms with Gasteiger partial charge in [0.2, 0.25) is 0 Å². The fourth-order valence-corrected chi connectivity index (χ4v) is 2.22. The molecule has 2 rings (SSSR count). The third-order valence-corrected chi connectivity index (χ3v) is 3.37. The number of carbonyl (C=O) groups excluding carboxylic acids is 1. The number of carbonyl (C=O) groups is 2. The highest BCUT2D eigenvalue weighted by atomic mass is 16.4. The van der Waals surface area contributed by atoms with Crippen LogP contribution in [0.5, 0.6) is 0 Å². The highest BCUT2D eigenvalue weighted by Gasteiger charge is 2.34. The van der Waals surface area contributed by atoms with E-state index in [0.29, 0.717) is 12.2 Å². The van der Waals surface area contributed by atoms with E-state index in [1.165, 1.54) is 0 Å². The van der Waals surface area contributed by atoms with Gasteiger partial charge in [-0.15, -0.1) is 0 Å². The zero-order chi connectivity index (χ0) is 14.0. The first-order valence-electron chi connectivity index (χ1n) is 6.70. The van der Waals surface area contributed by atoms with E-state index in [4.69, 9.17) is 5.11 Å². The van der Waals surface area contributed by atoms with Gasteiger partial charge < -0.3 is 14.6 Å². The maximum Gasteiger partial charge on any atom is 0.305 e. The van der Waals surface area contributed by atoms with Crippen molar-refractivity contribution >= 4 is 11.9 Å². The number of carboxylic acid groups (broad SMARTS) is 1. The number of carboxylic acids is 1. The van der Waals surface area contributed by atoms with Gasteiger partial charge in [0, 0.05) is 24.8 Å². The standard InChI is InChI=1S/C14H20N2O3/c1-10(2)15-8-3-4-12(15)14(19)16(11-5-6-11)9-7-13(17)18/h3-4,8,10-11H,5-7,9H2,1-2H3,(H,17,18). The van der Waals surface area contributed by atoms with Crippen molar-refractivity contribution in [2.24, 2.45) is 0 Å². The summed E-state index contributed by atoms with van der Waals surface area (Å²) < 4.78 is 1.93. The molecule has 1 aliphatic rings. The van der Waals surface area contributed by atoms with Gasteiger partial charge in [-0.25, -0.2) is 0 Å². The number of amides is 1. The molecule has 5 nitrogen and oxygen atoms in total. The van der Waals surface area contributed by atoms with Crippen molar-refractivity contribution in [3.8, 4) is 0 Å². The van der Waals surface area contributed by atoms with Crippen molar-refractivity contribution in [3.05, 3.63) is 24.0 Å². The van der Waals surface area contributed by atoms with E-state index in [0.717, 1.165) is 12.8 Å². The van der Waals surface area contributed by atoms with Gasteiger partial charge in [-0.05, 0) is 38.8 Å². The van der Waals surface area contributed by atoms with Crippen LogP contribution in [0.3, 0.4) is 0 Å². The smallest absolute Gasteiger partial charge is 0.305 e. The Morgan fingerprint density at radius 2 is 2.16 bits per heavy atom. The van der Waals surface area contributed by atoms with Crippen molar-refractivity contribution in [1.82, 2.24) is 9.47 Å². The molecule has 104 valence electrons. The number of hydrogen-bond acceptors (Lipinski definition) is 2. The van der Waals surface area contributed by atoms with Gasteiger partial charge in [-0.2, -0.15) is 0 Å². The molecule has 0 saturated heterocycles. The highest BCUT2D eigenvalue weighted by Crippen LogP contribution is 2.29. The van der Waals surface area contributed by atoms with Gasteiger partial charge in [0.1, 0.15) is 5.69 Å². The van der Waals surface area contributed by atoms with Crippen LogP contribution in [-0.4, -0.2) is 39.0 Å². The van der Waals surface area contributed by atoms with Crippen molar-refractivity contribution in [1.29, 1.82) is 0 Å². The predicted octanol–water partition coefficient (Wildman–Crippen LogP) is 2.15. The number of aliphatic carboxylic acids is 1. The van der Waals surface area contributed by atoms with Crippen molar-refractivity contribution in [2.75, 3.05) is 6.54 Å². The molecular formula is C14H20N2O3. The van der Waals surface area contributed by atoms with Crippen molar-refractivity contribution in [2.45, 2.75) is 45.2 Å². The van der Waals surface area contributed by atoms with Crippen LogP contribution in [0.2, 0.25) is 0 Å². The Bertz CT molecular complexity index is 475. The van der Waals surface area contributed by atoms with Gasteiger partial charge >= 0.3 is 5.97 Å². The third kappa shape index (κ3) is 3.16. The fourth-order valence-electron chi connectivity index (χ4n) is 2.22. The lowest BCUT2D eigenvalue weighted by Gasteiger charge is -2.23. The summed E-state index contributed by atoms with van der Waals surface area (Å²) in [5.74, 6) is -0.917. The van der Waals surface area contributed by atoms with Gasteiger partial charge in [0.15, 0.2) is 0 Å². The van der Waals surface area contributed by atoms with Crippen LogP contribution in [-0.2, 0) is 4.79 Å². The Labute approximate surface area is 112 Å². The number of nitrogens with zero attached hydrogens (tertiary/aromatic N) is 2. The average molecular weight is 264 g/mol. The Kier molecular flexibility index (Phi) is 3.93. The zero-order valence-corrected chi connectivity index (χ0v) is 11.4. The van der Waals surface area contributed by atoms with Crippen LogP contribution in [0.1, 0.15) is 49.6 Å². The summed E-state index contributed by atoms with van der Waals surface area (Å²) in [6.45, 7) is 4.34. The third-order valence-electron chi connectivity index (χ3n) is 3.37. The second kappa shape index (κ2) is 5.47. The molecule has 5 heteroatoms. The summed E-state index contributed by atoms with van der Waals surface area (Å²) >= 11 is 0. The Balaban J connectivity index is 2.14. The first-order valence-corrected chi connectivity index (χ1v) is 6.70. The van der Waals surface area contributed by atoms with Crippen molar-refractivity contribution in [3.63, 3.8) is 0 Å². The molecule has 1 aromatic rings. The van der Waals surface area contributed by atoms with Crippen LogP contribution in [0.25, 0.3) is 0 Å². The van der Waals surface area contributed by atoms with Gasteiger partial charge in [0.25, 0.3) is 5.91 Å². The van der Waals surface area contributed by atoms with Gasteiger partial charge in [-0.1, -0.05) is 0 Å². The Morgan fingerprint density at radius 3 is 2.68 bits per heavy atom. The second-order valence-electron chi connectivity index (χ2n) is 5.27. The minimum atomic E-state index is -0.863. The van der Waals surface area contributed by atoms with E-state index in [1.807, 2.05) is 30.7 Å². The summed E-state index contributed by atoms with van der Waals surface area (Å²) in [5.41, 5.74) is 0.646. The SMILES string of the molecule is CC(C)n1cccc1C(=O)N(CCC(=O)O)C1CC1. The topological polar surface area (TPSA) is 62.5 Å². The van der Waals surface area contributed by atoms with E-state index < -0.39 is 5.97 Å². The Morgan fingerprint density at radius 1 is 1.47 bits per heavy atom. The highest BCUT2D eigenvalue weighted by molar-refractivity contribution is 5.93. The summed E-state index contributed by atoms with van der Waals surface area (Å²) in [6.07, 6.45) is 3.85. The summed E-state index contributed by atoms with van der Waals surface area (Å²) in [7, 11) is 0. The minimum absolute atomic E-state index is 0.00459. The normalized spacial score (nSPS) is 14.7. The van der Waals surface area contributed by atoms with Crippen molar-refractivity contribution < 1.29 is 14.7 Å². The molecule has 0 spiro atoms. The molecule has 1 aliphatic carbocycles. The molecule has 1 aromatic heterocycles. The average Bonchev–Trinajstić information content (AvgIpc) is 3.04. The molecule has 0 atom stereocenters. The Hall–Kier alpha value is -1.78. The number of hydrogen-bond donors (Lipinski definition) is 1. The zero-order valence-electron chi connectivity index (χ0n) is 11.4. The molecule has 0 aromatic carbocycles. The molecule has 1 saturated carbocycles. The number of aromatic nitrogens is 1. The molecule has 1 N–H and O–H groups in total. The first kappa shape index (κ1) is 13.6. The van der Waals surface area contributed by atoms with Crippen LogP contribution in [0.4, 0.5) is 0 Å². The largest absolute Gasteiger partial charge is 0.481 e. The molecule has 19 heavy (non-hydrogen) atoms. The lowest BCUT2D eigenvalue weighted by molar-refractivity contribution is -0.137. The van der Waals surface area contributed by atoms with E-state index in [9.17, 15) is 9.59 Å². The maximum absolute atomic E-state index is 12.5. The molecule has 0 bridgehead atoms. The molecule has 0 aliphatic heterocycles. The van der Waals surface area contributed by atoms with Crippen LogP contribution in [0.15, 0.2) is 18.3 Å². The minimum Gasteiger partial charge on any atom is -0.481 e. The molecule has 1 fully saturated rings. The maximum atomic E-state index is 12.5. The molecule has 0 radical (unpaired) electrons. The number of rotatable bonds is 6. The molecular weight excluding hydrogens is 244 g/mol. The monoisotopic (exact) mass is 264 g/mol. The van der Waals surface area contributed by atoms with Crippen LogP contribution in [0, 0.1) is 0 Å². The molecule has 1 heterocycles. The van der Waals surface area contributed by atoms with Gasteiger partial charge in [-0.3, -0.25) is 9.59 Å². The quantitative estimate of drug-likeness (QED) is 0.856. The summed E-state index contributed by atoms with van der Waals surface area (Å²) in [4.78, 5) is 24.9. The molecule has 0 unspecified atom stereocenters. The summed E-state index contributed by atoms with van der Waals surface area (Å²) in [6, 6.07) is 4.10. The lowest BCUT2D eigenvalue weighted by Crippen LogP contribution is -2.36. The van der Waals surface area contributed by atoms with E-state index in [-0.39, 0.29) is 24.4 Å². The van der Waals surface area contributed by atoms with E-state index in [2.05, 4.69) is 0 Å². The second-order valence-corrected chi connectivity index (χ2v) is 5.27. The fraction of sp³-hybridized carbons (Fsp3) is 0.571. The van der Waals surface area contributed by atoms with Crippen LogP contribution < -0.4 is 0 Å². The predicted molar refractivity (Wildman–Crippen MR) is 71.1 cm³/mol. The summed E-state index contributed by atoms with van der Waals surface area (Å²) in [5, 5.41) is 8.78.